The van der Waals surface area contributed by atoms with E-state index in [1.165, 1.54) is 6.07 Å². The molecule has 0 saturated carbocycles. The number of nitrogen functional groups attached to an aromatic ring is 1. The van der Waals surface area contributed by atoms with Gasteiger partial charge in [-0.1, -0.05) is 12.1 Å². The lowest BCUT2D eigenvalue weighted by Crippen LogP contribution is -2.22. The highest BCUT2D eigenvalue weighted by molar-refractivity contribution is 5.94. The molecule has 3 N–H and O–H groups in total. The van der Waals surface area contributed by atoms with Crippen LogP contribution in [0, 0.1) is 12.7 Å². The number of benzene rings is 2. The summed E-state index contributed by atoms with van der Waals surface area (Å²) in [5, 5.41) is 2.78. The Morgan fingerprint density at radius 2 is 1.89 bits per heavy atom. The average molecular weight is 258 g/mol. The maximum Gasteiger partial charge on any atom is 0.251 e. The molecule has 0 bridgehead atoms. The summed E-state index contributed by atoms with van der Waals surface area (Å²) >= 11 is 0. The van der Waals surface area contributed by atoms with Gasteiger partial charge in [-0.15, -0.1) is 0 Å². The summed E-state index contributed by atoms with van der Waals surface area (Å²) in [6.45, 7) is 2.06. The topological polar surface area (TPSA) is 55.1 Å². The molecule has 0 saturated heterocycles. The zero-order valence-electron chi connectivity index (χ0n) is 10.6. The number of amides is 1. The van der Waals surface area contributed by atoms with E-state index in [9.17, 15) is 9.18 Å². The Kier molecular flexibility index (Phi) is 3.80. The molecule has 2 aromatic carbocycles. The highest BCUT2D eigenvalue weighted by Gasteiger charge is 2.05. The summed E-state index contributed by atoms with van der Waals surface area (Å²) in [5.74, 6) is -0.421. The van der Waals surface area contributed by atoms with Crippen LogP contribution < -0.4 is 11.1 Å². The van der Waals surface area contributed by atoms with Gasteiger partial charge in [0.15, 0.2) is 0 Å². The quantitative estimate of drug-likeness (QED) is 0.831. The van der Waals surface area contributed by atoms with Gasteiger partial charge >= 0.3 is 0 Å². The number of carbonyl (C=O) groups excluding carboxylic acids is 1. The Labute approximate surface area is 111 Å². The fourth-order valence-electron chi connectivity index (χ4n) is 1.74. The molecule has 0 aliphatic rings. The van der Waals surface area contributed by atoms with E-state index in [-0.39, 0.29) is 11.7 Å². The molecule has 2 aromatic rings. The van der Waals surface area contributed by atoms with Gasteiger partial charge in [-0.2, -0.15) is 0 Å². The Balaban J connectivity index is 2.00. The molecule has 1 amide bonds. The lowest BCUT2D eigenvalue weighted by molar-refractivity contribution is 0.0951. The van der Waals surface area contributed by atoms with Crippen LogP contribution in [0.2, 0.25) is 0 Å². The van der Waals surface area contributed by atoms with Gasteiger partial charge in [0.05, 0.1) is 0 Å². The van der Waals surface area contributed by atoms with Crippen molar-refractivity contribution in [3.63, 3.8) is 0 Å². The lowest BCUT2D eigenvalue weighted by Gasteiger charge is -2.07. The Morgan fingerprint density at radius 3 is 2.53 bits per heavy atom. The standard InChI is InChI=1S/C15H15FN2O/c1-10-8-11(2-7-14(10)16)9-18-15(19)12-3-5-13(17)6-4-12/h2-8H,9,17H2,1H3,(H,18,19). The number of anilines is 1. The molecule has 3 nitrogen and oxygen atoms in total. The third-order valence-corrected chi connectivity index (χ3v) is 2.85. The van der Waals surface area contributed by atoms with Gasteiger partial charge in [-0.05, 0) is 48.4 Å². The normalized spacial score (nSPS) is 10.2. The van der Waals surface area contributed by atoms with Gasteiger partial charge in [0.25, 0.3) is 5.91 Å². The minimum absolute atomic E-state index is 0.179. The Hall–Kier alpha value is -2.36. The first-order valence-electron chi connectivity index (χ1n) is 5.95. The second-order valence-corrected chi connectivity index (χ2v) is 4.39. The summed E-state index contributed by atoms with van der Waals surface area (Å²) in [4.78, 5) is 11.9. The molecule has 2 rings (SSSR count). The molecule has 0 heterocycles. The van der Waals surface area contributed by atoms with Crippen LogP contribution in [0.5, 0.6) is 0 Å². The minimum Gasteiger partial charge on any atom is -0.399 e. The van der Waals surface area contributed by atoms with Crippen LogP contribution in [-0.2, 0) is 6.54 Å². The van der Waals surface area contributed by atoms with Crippen LogP contribution in [0.25, 0.3) is 0 Å². The zero-order valence-corrected chi connectivity index (χ0v) is 10.6. The molecule has 0 atom stereocenters. The van der Waals surface area contributed by atoms with Crippen molar-refractivity contribution in [1.82, 2.24) is 5.32 Å². The van der Waals surface area contributed by atoms with Crippen LogP contribution in [0.15, 0.2) is 42.5 Å². The van der Waals surface area contributed by atoms with E-state index < -0.39 is 0 Å². The van der Waals surface area contributed by atoms with Gasteiger partial charge in [-0.25, -0.2) is 4.39 Å². The van der Waals surface area contributed by atoms with E-state index in [0.29, 0.717) is 23.4 Å². The van der Waals surface area contributed by atoms with Crippen LogP contribution in [0.4, 0.5) is 10.1 Å². The second kappa shape index (κ2) is 5.52. The fourth-order valence-corrected chi connectivity index (χ4v) is 1.74. The minimum atomic E-state index is -0.242. The molecule has 0 spiro atoms. The first-order valence-corrected chi connectivity index (χ1v) is 5.95. The molecule has 0 radical (unpaired) electrons. The van der Waals surface area contributed by atoms with Crippen molar-refractivity contribution in [2.45, 2.75) is 13.5 Å². The second-order valence-electron chi connectivity index (χ2n) is 4.39. The molecule has 19 heavy (non-hydrogen) atoms. The van der Waals surface area contributed by atoms with Crippen molar-refractivity contribution >= 4 is 11.6 Å². The lowest BCUT2D eigenvalue weighted by atomic mass is 10.1. The van der Waals surface area contributed by atoms with E-state index in [4.69, 9.17) is 5.73 Å². The van der Waals surface area contributed by atoms with E-state index in [0.717, 1.165) is 5.56 Å². The Morgan fingerprint density at radius 1 is 1.21 bits per heavy atom. The fraction of sp³-hybridized carbons (Fsp3) is 0.133. The van der Waals surface area contributed by atoms with E-state index in [1.807, 2.05) is 0 Å². The van der Waals surface area contributed by atoms with Gasteiger partial charge in [0, 0.05) is 17.8 Å². The smallest absolute Gasteiger partial charge is 0.251 e. The van der Waals surface area contributed by atoms with Crippen molar-refractivity contribution in [2.24, 2.45) is 0 Å². The van der Waals surface area contributed by atoms with Crippen molar-refractivity contribution in [1.29, 1.82) is 0 Å². The number of carbonyl (C=O) groups is 1. The number of halogens is 1. The average Bonchev–Trinajstić information content (AvgIpc) is 2.40. The van der Waals surface area contributed by atoms with Gasteiger partial charge < -0.3 is 11.1 Å². The largest absolute Gasteiger partial charge is 0.399 e. The van der Waals surface area contributed by atoms with E-state index in [1.54, 1.807) is 43.3 Å². The molecule has 0 unspecified atom stereocenters. The number of hydrogen-bond donors (Lipinski definition) is 2. The summed E-state index contributed by atoms with van der Waals surface area (Å²) in [6.07, 6.45) is 0. The van der Waals surface area contributed by atoms with Gasteiger partial charge in [0.1, 0.15) is 5.82 Å². The van der Waals surface area contributed by atoms with E-state index >= 15 is 0 Å². The summed E-state index contributed by atoms with van der Waals surface area (Å²) in [6, 6.07) is 11.5. The predicted molar refractivity (Wildman–Crippen MR) is 73.2 cm³/mol. The van der Waals surface area contributed by atoms with Crippen molar-refractivity contribution in [3.05, 3.63) is 65.0 Å². The number of rotatable bonds is 3. The maximum absolute atomic E-state index is 13.1. The maximum atomic E-state index is 13.1. The third kappa shape index (κ3) is 3.31. The van der Waals surface area contributed by atoms with Gasteiger partial charge in [0.2, 0.25) is 0 Å². The summed E-state index contributed by atoms with van der Waals surface area (Å²) < 4.78 is 13.1. The van der Waals surface area contributed by atoms with Crippen molar-refractivity contribution < 1.29 is 9.18 Å². The summed E-state index contributed by atoms with van der Waals surface area (Å²) in [7, 11) is 0. The number of nitrogens with one attached hydrogen (secondary N) is 1. The highest BCUT2D eigenvalue weighted by atomic mass is 19.1. The first kappa shape index (κ1) is 13.1. The van der Waals surface area contributed by atoms with Crippen LogP contribution in [-0.4, -0.2) is 5.91 Å². The molecule has 4 heteroatoms. The predicted octanol–water partition coefficient (Wildman–Crippen LogP) is 2.65. The molecule has 0 fully saturated rings. The molecule has 0 aromatic heterocycles. The van der Waals surface area contributed by atoms with Crippen LogP contribution >= 0.6 is 0 Å². The molecule has 98 valence electrons. The third-order valence-electron chi connectivity index (χ3n) is 2.85. The first-order chi connectivity index (χ1) is 9.06. The Bertz CT molecular complexity index is 594. The molecular weight excluding hydrogens is 243 g/mol. The van der Waals surface area contributed by atoms with E-state index in [2.05, 4.69) is 5.32 Å². The molecule has 0 aliphatic carbocycles. The molecule has 0 aliphatic heterocycles. The number of nitrogens with two attached hydrogens (primary N) is 1. The summed E-state index contributed by atoms with van der Waals surface area (Å²) in [5.41, 5.74) is 8.15. The van der Waals surface area contributed by atoms with Gasteiger partial charge in [-0.3, -0.25) is 4.79 Å². The van der Waals surface area contributed by atoms with Crippen molar-refractivity contribution in [2.75, 3.05) is 5.73 Å². The van der Waals surface area contributed by atoms with Crippen molar-refractivity contribution in [3.8, 4) is 0 Å². The number of hydrogen-bond acceptors (Lipinski definition) is 2. The van der Waals surface area contributed by atoms with Crippen LogP contribution in [0.3, 0.4) is 0 Å². The van der Waals surface area contributed by atoms with Crippen LogP contribution in [0.1, 0.15) is 21.5 Å². The number of aryl methyl sites for hydroxylation is 1. The highest BCUT2D eigenvalue weighted by Crippen LogP contribution is 2.10. The molecular formula is C15H15FN2O. The monoisotopic (exact) mass is 258 g/mol. The zero-order chi connectivity index (χ0) is 13.8. The SMILES string of the molecule is Cc1cc(CNC(=O)c2ccc(N)cc2)ccc1F.